The lowest BCUT2D eigenvalue weighted by Gasteiger charge is -2.20. The van der Waals surface area contributed by atoms with Gasteiger partial charge in [0.25, 0.3) is 0 Å². The fraction of sp³-hybridized carbons (Fsp3) is 0.462. The lowest BCUT2D eigenvalue weighted by molar-refractivity contribution is 0.354. The molecule has 0 spiro atoms. The van der Waals surface area contributed by atoms with Crippen LogP contribution in [0.5, 0.6) is 0 Å². The second-order valence-electron chi connectivity index (χ2n) is 5.01. The van der Waals surface area contributed by atoms with E-state index >= 15 is 0 Å². The molecule has 1 fully saturated rings. The normalized spacial score (nSPS) is 15.9. The summed E-state index contributed by atoms with van der Waals surface area (Å²) in [6.07, 6.45) is 3.30. The Bertz CT molecular complexity index is 679. The van der Waals surface area contributed by atoms with Crippen LogP contribution < -0.4 is 0 Å². The van der Waals surface area contributed by atoms with Gasteiger partial charge in [-0.25, -0.2) is 8.42 Å². The Kier molecular flexibility index (Phi) is 3.18. The van der Waals surface area contributed by atoms with Gasteiger partial charge in [0.2, 0.25) is 10.0 Å². The topological polar surface area (TPSA) is 76.6 Å². The number of rotatable bonds is 5. The van der Waals surface area contributed by atoms with E-state index in [2.05, 4.69) is 5.16 Å². The minimum absolute atomic E-state index is 0.0406. The summed E-state index contributed by atoms with van der Waals surface area (Å²) in [5.41, 5.74) is 0.396. The zero-order chi connectivity index (χ0) is 14.3. The third-order valence-corrected chi connectivity index (χ3v) is 5.52. The summed E-state index contributed by atoms with van der Waals surface area (Å²) in [4.78, 5) is 0.177. The Morgan fingerprint density at radius 2 is 2.15 bits per heavy atom. The van der Waals surface area contributed by atoms with Gasteiger partial charge < -0.3 is 8.94 Å². The van der Waals surface area contributed by atoms with Gasteiger partial charge in [0.15, 0.2) is 5.76 Å². The van der Waals surface area contributed by atoms with Gasteiger partial charge in [-0.1, -0.05) is 5.16 Å². The van der Waals surface area contributed by atoms with Gasteiger partial charge in [0.1, 0.15) is 16.3 Å². The summed E-state index contributed by atoms with van der Waals surface area (Å²) >= 11 is 0. The predicted molar refractivity (Wildman–Crippen MR) is 70.4 cm³/mol. The fourth-order valence-corrected chi connectivity index (χ4v) is 4.24. The Labute approximate surface area is 117 Å². The summed E-state index contributed by atoms with van der Waals surface area (Å²) in [6, 6.07) is 3.57. The molecule has 2 aromatic rings. The van der Waals surface area contributed by atoms with Crippen LogP contribution in [-0.2, 0) is 16.6 Å². The predicted octanol–water partition coefficient (Wildman–Crippen LogP) is 2.24. The van der Waals surface area contributed by atoms with Gasteiger partial charge in [-0.2, -0.15) is 4.31 Å². The van der Waals surface area contributed by atoms with E-state index in [1.807, 2.05) is 0 Å². The Morgan fingerprint density at radius 1 is 1.40 bits per heavy atom. The Hall–Kier alpha value is -1.60. The largest absolute Gasteiger partial charge is 0.468 e. The highest BCUT2D eigenvalue weighted by molar-refractivity contribution is 7.89. The number of sulfonamides is 1. The molecule has 1 aliphatic rings. The molecule has 0 bridgehead atoms. The molecule has 0 atom stereocenters. The van der Waals surface area contributed by atoms with Crippen molar-refractivity contribution in [1.29, 1.82) is 0 Å². The highest BCUT2D eigenvalue weighted by Gasteiger charge is 2.41. The zero-order valence-electron chi connectivity index (χ0n) is 11.4. The molecule has 0 N–H and O–H groups in total. The molecule has 1 aliphatic carbocycles. The van der Waals surface area contributed by atoms with E-state index in [0.29, 0.717) is 17.2 Å². The minimum atomic E-state index is -3.61. The van der Waals surface area contributed by atoms with Crippen LogP contribution in [-0.4, -0.2) is 23.9 Å². The van der Waals surface area contributed by atoms with Gasteiger partial charge >= 0.3 is 0 Å². The van der Waals surface area contributed by atoms with E-state index in [4.69, 9.17) is 8.94 Å². The second kappa shape index (κ2) is 4.75. The van der Waals surface area contributed by atoms with Crippen molar-refractivity contribution in [3.05, 3.63) is 35.6 Å². The Morgan fingerprint density at radius 3 is 2.65 bits per heavy atom. The third kappa shape index (κ3) is 2.27. The maximum Gasteiger partial charge on any atom is 0.249 e. The zero-order valence-corrected chi connectivity index (χ0v) is 12.2. The molecular weight excluding hydrogens is 280 g/mol. The van der Waals surface area contributed by atoms with Crippen LogP contribution in [0.1, 0.15) is 30.1 Å². The molecular formula is C13H16N2O4S. The molecule has 0 saturated heterocycles. The molecule has 20 heavy (non-hydrogen) atoms. The number of hydrogen-bond donors (Lipinski definition) is 0. The van der Waals surface area contributed by atoms with Crippen molar-refractivity contribution in [2.45, 2.75) is 44.2 Å². The molecule has 0 amide bonds. The molecule has 7 heteroatoms. The van der Waals surface area contributed by atoms with E-state index in [0.717, 1.165) is 12.8 Å². The maximum absolute atomic E-state index is 12.8. The van der Waals surface area contributed by atoms with Crippen LogP contribution in [0.15, 0.2) is 32.2 Å². The van der Waals surface area contributed by atoms with E-state index in [-0.39, 0.29) is 17.5 Å². The molecule has 6 nitrogen and oxygen atoms in total. The summed E-state index contributed by atoms with van der Waals surface area (Å²) in [5.74, 6) is 0.958. The van der Waals surface area contributed by atoms with Crippen LogP contribution in [0.25, 0.3) is 0 Å². The highest BCUT2D eigenvalue weighted by Crippen LogP contribution is 2.35. The van der Waals surface area contributed by atoms with Crippen molar-refractivity contribution < 1.29 is 17.4 Å². The van der Waals surface area contributed by atoms with Crippen molar-refractivity contribution in [3.63, 3.8) is 0 Å². The molecule has 0 radical (unpaired) electrons. The first-order valence-electron chi connectivity index (χ1n) is 6.47. The number of nitrogens with zero attached hydrogens (tertiary/aromatic N) is 2. The van der Waals surface area contributed by atoms with Gasteiger partial charge in [-0.3, -0.25) is 0 Å². The molecule has 108 valence electrons. The van der Waals surface area contributed by atoms with Crippen molar-refractivity contribution in [1.82, 2.24) is 9.46 Å². The third-order valence-electron chi connectivity index (χ3n) is 3.38. The van der Waals surface area contributed by atoms with Crippen molar-refractivity contribution in [2.75, 3.05) is 0 Å². The van der Waals surface area contributed by atoms with Crippen molar-refractivity contribution >= 4 is 10.0 Å². The monoisotopic (exact) mass is 296 g/mol. The summed E-state index contributed by atoms with van der Waals surface area (Å²) < 4.78 is 37.4. The number of aromatic nitrogens is 1. The lowest BCUT2D eigenvalue weighted by Crippen LogP contribution is -2.33. The van der Waals surface area contributed by atoms with Crippen molar-refractivity contribution in [2.24, 2.45) is 0 Å². The van der Waals surface area contributed by atoms with Crippen molar-refractivity contribution in [3.8, 4) is 0 Å². The second-order valence-corrected chi connectivity index (χ2v) is 6.84. The first-order chi connectivity index (χ1) is 9.50. The minimum Gasteiger partial charge on any atom is -0.468 e. The smallest absolute Gasteiger partial charge is 0.249 e. The first-order valence-corrected chi connectivity index (χ1v) is 7.91. The molecule has 0 aromatic carbocycles. The van der Waals surface area contributed by atoms with Gasteiger partial charge in [0.05, 0.1) is 12.8 Å². The van der Waals surface area contributed by atoms with Crippen LogP contribution in [0.4, 0.5) is 0 Å². The lowest BCUT2D eigenvalue weighted by atomic mass is 10.4. The average Bonchev–Trinajstić information content (AvgIpc) is 2.97. The standard InChI is InChI=1S/C13H16N2O4S/c1-9-13(10(2)19-14-9)20(16,17)15(11-5-6-11)8-12-4-3-7-18-12/h3-4,7,11H,5-6,8H2,1-2H3. The molecule has 2 aromatic heterocycles. The SMILES string of the molecule is Cc1noc(C)c1S(=O)(=O)N(Cc1ccco1)C1CC1. The van der Waals surface area contributed by atoms with E-state index in [9.17, 15) is 8.42 Å². The molecule has 0 aliphatic heterocycles. The Balaban J connectivity index is 1.98. The first kappa shape index (κ1) is 13.4. The summed E-state index contributed by atoms with van der Waals surface area (Å²) in [5, 5.41) is 3.74. The maximum atomic E-state index is 12.8. The molecule has 2 heterocycles. The highest BCUT2D eigenvalue weighted by atomic mass is 32.2. The number of furan rings is 1. The fourth-order valence-electron chi connectivity index (χ4n) is 2.29. The van der Waals surface area contributed by atoms with E-state index in [1.165, 1.54) is 4.31 Å². The molecule has 0 unspecified atom stereocenters. The number of aryl methyl sites for hydroxylation is 2. The van der Waals surface area contributed by atoms with Gasteiger partial charge in [0, 0.05) is 6.04 Å². The van der Waals surface area contributed by atoms with E-state index in [1.54, 1.807) is 32.2 Å². The summed E-state index contributed by atoms with van der Waals surface area (Å²) in [6.45, 7) is 3.50. The van der Waals surface area contributed by atoms with Crippen LogP contribution in [0.2, 0.25) is 0 Å². The number of hydrogen-bond acceptors (Lipinski definition) is 5. The van der Waals surface area contributed by atoms with Crippen LogP contribution in [0.3, 0.4) is 0 Å². The quantitative estimate of drug-likeness (QED) is 0.845. The summed E-state index contributed by atoms with van der Waals surface area (Å²) in [7, 11) is -3.61. The molecule has 3 rings (SSSR count). The van der Waals surface area contributed by atoms with Gasteiger partial charge in [-0.15, -0.1) is 0 Å². The van der Waals surface area contributed by atoms with Gasteiger partial charge in [-0.05, 0) is 38.8 Å². The molecule has 1 saturated carbocycles. The van der Waals surface area contributed by atoms with E-state index < -0.39 is 10.0 Å². The van der Waals surface area contributed by atoms with Crippen LogP contribution >= 0.6 is 0 Å². The van der Waals surface area contributed by atoms with Crippen LogP contribution in [0, 0.1) is 13.8 Å². The average molecular weight is 296 g/mol.